The fourth-order valence-electron chi connectivity index (χ4n) is 1.99. The maximum absolute atomic E-state index is 5.93. The van der Waals surface area contributed by atoms with Gasteiger partial charge in [-0.2, -0.15) is 0 Å². The lowest BCUT2D eigenvalue weighted by atomic mass is 10.3. The molecule has 2 rings (SSSR count). The minimum atomic E-state index is -1.47. The third-order valence-corrected chi connectivity index (χ3v) is 3.08. The first-order chi connectivity index (χ1) is 11.7. The van der Waals surface area contributed by atoms with Crippen molar-refractivity contribution in [1.82, 2.24) is 0 Å². The Labute approximate surface area is 141 Å². The first-order valence-corrected chi connectivity index (χ1v) is 7.97. The molecule has 0 saturated carbocycles. The van der Waals surface area contributed by atoms with Gasteiger partial charge < -0.3 is 28.4 Å². The molecular weight excluding hydrogens is 316 g/mol. The van der Waals surface area contributed by atoms with Gasteiger partial charge in [-0.1, -0.05) is 12.1 Å². The Morgan fingerprint density at radius 1 is 0.667 bits per heavy atom. The van der Waals surface area contributed by atoms with E-state index < -0.39 is 5.85 Å². The lowest BCUT2D eigenvalue weighted by Gasteiger charge is -2.26. The molecule has 24 heavy (non-hydrogen) atoms. The van der Waals surface area contributed by atoms with Crippen molar-refractivity contribution in [3.8, 4) is 11.5 Å². The third-order valence-electron chi connectivity index (χ3n) is 3.08. The first-order valence-electron chi connectivity index (χ1n) is 7.97. The van der Waals surface area contributed by atoms with Crippen LogP contribution in [-0.4, -0.2) is 65.3 Å². The molecule has 0 aliphatic carbocycles. The lowest BCUT2D eigenvalue weighted by molar-refractivity contribution is -0.0459. The van der Waals surface area contributed by atoms with Gasteiger partial charge in [0, 0.05) is 0 Å². The van der Waals surface area contributed by atoms with Crippen molar-refractivity contribution in [2.75, 3.05) is 59.5 Å². The minimum absolute atomic E-state index is 0.0182. The second kappa shape index (κ2) is 10.4. The largest absolute Gasteiger partial charge is 0.487 e. The number of hydrogen-bond donors (Lipinski definition) is 2. The fourth-order valence-corrected chi connectivity index (χ4v) is 1.99. The zero-order valence-corrected chi connectivity index (χ0v) is 13.8. The summed E-state index contributed by atoms with van der Waals surface area (Å²) in [6.07, 6.45) is 0. The molecule has 0 fully saturated rings. The lowest BCUT2D eigenvalue weighted by Crippen LogP contribution is -2.58. The van der Waals surface area contributed by atoms with Crippen LogP contribution in [0.3, 0.4) is 0 Å². The summed E-state index contributed by atoms with van der Waals surface area (Å²) in [4.78, 5) is 0. The van der Waals surface area contributed by atoms with Crippen molar-refractivity contribution in [2.45, 2.75) is 5.85 Å². The van der Waals surface area contributed by atoms with Crippen LogP contribution in [0.15, 0.2) is 24.3 Å². The van der Waals surface area contributed by atoms with Crippen molar-refractivity contribution < 1.29 is 28.4 Å². The average Bonchev–Trinajstić information content (AvgIpc) is 2.55. The summed E-state index contributed by atoms with van der Waals surface area (Å²) in [5.74, 6) is -0.473. The van der Waals surface area contributed by atoms with Gasteiger partial charge >= 0.3 is 0 Å². The van der Waals surface area contributed by atoms with Crippen molar-refractivity contribution in [1.29, 1.82) is 0 Å². The smallest absolute Gasteiger partial charge is 0.236 e. The van der Waals surface area contributed by atoms with Crippen LogP contribution in [0.25, 0.3) is 0 Å². The molecule has 136 valence electrons. The van der Waals surface area contributed by atoms with Gasteiger partial charge in [0.25, 0.3) is 0 Å². The van der Waals surface area contributed by atoms with Gasteiger partial charge in [-0.05, 0) is 12.1 Å². The van der Waals surface area contributed by atoms with Crippen molar-refractivity contribution in [3.05, 3.63) is 24.3 Å². The van der Waals surface area contributed by atoms with E-state index in [1.54, 1.807) is 12.1 Å². The number of fused-ring (bicyclic) bond motifs is 1. The van der Waals surface area contributed by atoms with Crippen molar-refractivity contribution in [2.24, 2.45) is 11.5 Å². The van der Waals surface area contributed by atoms with E-state index in [1.165, 1.54) is 0 Å². The number of benzene rings is 1. The Kier molecular flexibility index (Phi) is 8.23. The van der Waals surface area contributed by atoms with E-state index >= 15 is 0 Å². The predicted molar refractivity (Wildman–Crippen MR) is 86.9 cm³/mol. The van der Waals surface area contributed by atoms with E-state index in [0.717, 1.165) is 0 Å². The molecule has 0 spiro atoms. The Bertz CT molecular complexity index is 472. The summed E-state index contributed by atoms with van der Waals surface area (Å²) in [5, 5.41) is 0. The van der Waals surface area contributed by atoms with Gasteiger partial charge in [0.2, 0.25) is 5.85 Å². The first kappa shape index (κ1) is 18.9. The molecule has 4 N–H and O–H groups in total. The van der Waals surface area contributed by atoms with Crippen LogP contribution in [0.5, 0.6) is 11.5 Å². The van der Waals surface area contributed by atoms with Crippen molar-refractivity contribution >= 4 is 0 Å². The predicted octanol–water partition coefficient (Wildman–Crippen LogP) is 0.0954. The highest BCUT2D eigenvalue weighted by Gasteiger charge is 2.23. The second-order valence-electron chi connectivity index (χ2n) is 5.24. The molecule has 0 amide bonds. The Morgan fingerprint density at radius 2 is 1.17 bits per heavy atom. The van der Waals surface area contributed by atoms with Crippen LogP contribution in [-0.2, 0) is 18.9 Å². The summed E-state index contributed by atoms with van der Waals surface area (Å²) in [6.45, 7) is 3.64. The highest BCUT2D eigenvalue weighted by Crippen LogP contribution is 2.27. The molecule has 1 aliphatic heterocycles. The maximum atomic E-state index is 5.93. The highest BCUT2D eigenvalue weighted by molar-refractivity contribution is 5.39. The Morgan fingerprint density at radius 3 is 1.79 bits per heavy atom. The van der Waals surface area contributed by atoms with Crippen LogP contribution in [0, 0.1) is 0 Å². The van der Waals surface area contributed by atoms with Crippen LogP contribution in [0.2, 0.25) is 0 Å². The molecule has 0 aromatic heterocycles. The van der Waals surface area contributed by atoms with Gasteiger partial charge in [0.1, 0.15) is 13.2 Å². The summed E-state index contributed by atoms with van der Waals surface area (Å²) in [6, 6.07) is 7.17. The van der Waals surface area contributed by atoms with Crippen LogP contribution in [0.4, 0.5) is 0 Å². The number of rotatable bonds is 0. The van der Waals surface area contributed by atoms with E-state index in [0.29, 0.717) is 64.4 Å². The number of hydrogen-bond acceptors (Lipinski definition) is 8. The third kappa shape index (κ3) is 7.43. The molecule has 0 bridgehead atoms. The molecule has 1 aromatic carbocycles. The van der Waals surface area contributed by atoms with Crippen LogP contribution in [0.1, 0.15) is 0 Å². The van der Waals surface area contributed by atoms with E-state index in [2.05, 4.69) is 0 Å². The number of ether oxygens (including phenoxy) is 6. The van der Waals surface area contributed by atoms with E-state index in [-0.39, 0.29) is 6.61 Å². The summed E-state index contributed by atoms with van der Waals surface area (Å²) >= 11 is 0. The molecule has 0 atom stereocenters. The van der Waals surface area contributed by atoms with Gasteiger partial charge in [-0.25, -0.2) is 0 Å². The van der Waals surface area contributed by atoms with Crippen LogP contribution >= 0.6 is 0 Å². The molecular formula is C16H26N2O6. The standard InChI is InChI=1S/C16H26N2O6/c17-16(18)13-22-10-9-20-6-5-19-7-8-21-11-12-23-14-3-1-2-4-15(14)24-16/h1-4H,5-13,17-18H2. The molecule has 0 unspecified atom stereocenters. The summed E-state index contributed by atoms with van der Waals surface area (Å²) in [5.41, 5.74) is 11.9. The fraction of sp³-hybridized carbons (Fsp3) is 0.625. The SMILES string of the molecule is NC1(N)COCCOCCOCCOCCOc2ccccc2O1. The second-order valence-corrected chi connectivity index (χ2v) is 5.24. The molecule has 0 saturated heterocycles. The van der Waals surface area contributed by atoms with Gasteiger partial charge in [-0.15, -0.1) is 0 Å². The van der Waals surface area contributed by atoms with Gasteiger partial charge in [0.05, 0.1) is 46.2 Å². The zero-order valence-electron chi connectivity index (χ0n) is 13.8. The molecule has 8 nitrogen and oxygen atoms in total. The molecule has 0 radical (unpaired) electrons. The van der Waals surface area contributed by atoms with E-state index in [4.69, 9.17) is 39.9 Å². The summed E-state index contributed by atoms with van der Waals surface area (Å²) in [7, 11) is 0. The monoisotopic (exact) mass is 342 g/mol. The number of nitrogens with two attached hydrogens (primary N) is 2. The molecule has 1 aliphatic rings. The van der Waals surface area contributed by atoms with Crippen molar-refractivity contribution in [3.63, 3.8) is 0 Å². The van der Waals surface area contributed by atoms with Gasteiger partial charge in [0.15, 0.2) is 11.5 Å². The molecule has 1 heterocycles. The normalized spacial score (nSPS) is 21.4. The zero-order chi connectivity index (χ0) is 17.1. The van der Waals surface area contributed by atoms with E-state index in [1.807, 2.05) is 12.1 Å². The molecule has 1 aromatic rings. The maximum Gasteiger partial charge on any atom is 0.236 e. The average molecular weight is 342 g/mol. The number of para-hydroxylation sites is 2. The van der Waals surface area contributed by atoms with E-state index in [9.17, 15) is 0 Å². The van der Waals surface area contributed by atoms with Crippen LogP contribution < -0.4 is 20.9 Å². The minimum Gasteiger partial charge on any atom is -0.487 e. The van der Waals surface area contributed by atoms with Gasteiger partial charge in [-0.3, -0.25) is 11.5 Å². The Balaban J connectivity index is 1.93. The Hall–Kier alpha value is -1.42. The summed E-state index contributed by atoms with van der Waals surface area (Å²) < 4.78 is 32.9. The molecule has 8 heteroatoms. The topological polar surface area (TPSA) is 107 Å². The quantitative estimate of drug-likeness (QED) is 0.639. The highest BCUT2D eigenvalue weighted by atomic mass is 16.6.